The quantitative estimate of drug-likeness (QED) is 0.0481. The highest BCUT2D eigenvalue weighted by molar-refractivity contribution is 6.23. The van der Waals surface area contributed by atoms with Gasteiger partial charge in [0.05, 0.1) is 23.7 Å². The van der Waals surface area contributed by atoms with Crippen LogP contribution in [0.15, 0.2) is 83.9 Å². The lowest BCUT2D eigenvalue weighted by molar-refractivity contribution is -0.161. The van der Waals surface area contributed by atoms with Crippen LogP contribution in [0.2, 0.25) is 0 Å². The summed E-state index contributed by atoms with van der Waals surface area (Å²) in [7, 11) is 0. The molecule has 254 valence electrons. The van der Waals surface area contributed by atoms with Crippen LogP contribution >= 0.6 is 0 Å². The molecule has 0 spiro atoms. The summed E-state index contributed by atoms with van der Waals surface area (Å²) >= 11 is 0. The number of ketones is 1. The van der Waals surface area contributed by atoms with Crippen molar-refractivity contribution in [2.24, 2.45) is 22.2 Å². The van der Waals surface area contributed by atoms with Gasteiger partial charge in [0.1, 0.15) is 12.6 Å². The van der Waals surface area contributed by atoms with Crippen molar-refractivity contribution in [3.63, 3.8) is 0 Å². The van der Waals surface area contributed by atoms with E-state index in [1.165, 1.54) is 48.5 Å². The molecule has 0 saturated carbocycles. The summed E-state index contributed by atoms with van der Waals surface area (Å²) in [4.78, 5) is 96.8. The highest BCUT2D eigenvalue weighted by Crippen LogP contribution is 2.38. The van der Waals surface area contributed by atoms with Gasteiger partial charge in [-0.3, -0.25) is 24.1 Å². The Morgan fingerprint density at radius 2 is 1.59 bits per heavy atom. The number of benzene rings is 3. The van der Waals surface area contributed by atoms with E-state index in [1.807, 2.05) is 0 Å². The second kappa shape index (κ2) is 14.4. The average molecular weight is 674 g/mol. The minimum atomic E-state index is -3.40. The molecule has 3 aromatic carbocycles. The topological polar surface area (TPSA) is 278 Å². The van der Waals surface area contributed by atoms with E-state index in [9.17, 15) is 43.8 Å². The van der Waals surface area contributed by atoms with Crippen LogP contribution in [0.4, 0.5) is 16.2 Å². The molecule has 9 N–H and O–H groups in total. The van der Waals surface area contributed by atoms with E-state index in [-0.39, 0.29) is 34.0 Å². The standard InChI is InChI=1S/C32H31N7O10/c1-17(40)32(29(46)47,38(20-10-6-3-7-11-20)26(43)22(33)15-24(41)42)39-27(44)25(37-31(39)48)21-13-12-19(14-23(21)36-30(34)35)28(45)49-16-18-8-4-2-5-9-18/h2-14,22,25H,15-16,33H2,1H3,(H,37,48)(H,41,42)(H,46,47)(H4,34,35,36)/t22-,25?,32+/m0/s1. The number of guanidine groups is 1. The second-order valence-electron chi connectivity index (χ2n) is 10.7. The number of esters is 1. The Kier molecular flexibility index (Phi) is 10.4. The number of hydrogen-bond acceptors (Lipinski definition) is 10. The molecule has 0 aliphatic carbocycles. The van der Waals surface area contributed by atoms with E-state index in [4.69, 9.17) is 21.9 Å². The molecule has 1 saturated heterocycles. The third-order valence-electron chi connectivity index (χ3n) is 7.36. The van der Waals surface area contributed by atoms with Crippen molar-refractivity contribution in [2.75, 3.05) is 4.90 Å². The predicted octanol–water partition coefficient (Wildman–Crippen LogP) is 0.747. The number of aliphatic carboxylic acids is 2. The van der Waals surface area contributed by atoms with Gasteiger partial charge in [-0.1, -0.05) is 54.6 Å². The number of Topliss-reactive ketones (excluding diaryl/α,β-unsaturated/α-hetero) is 1. The first-order valence-corrected chi connectivity index (χ1v) is 14.4. The number of aliphatic imine (C=N–C) groups is 1. The first kappa shape index (κ1) is 35.2. The van der Waals surface area contributed by atoms with Gasteiger partial charge in [0.25, 0.3) is 11.6 Å². The van der Waals surface area contributed by atoms with Crippen molar-refractivity contribution in [1.82, 2.24) is 10.2 Å². The third-order valence-corrected chi connectivity index (χ3v) is 7.36. The van der Waals surface area contributed by atoms with E-state index >= 15 is 0 Å². The Morgan fingerprint density at radius 3 is 2.14 bits per heavy atom. The molecule has 17 heteroatoms. The first-order valence-electron chi connectivity index (χ1n) is 14.4. The predicted molar refractivity (Wildman–Crippen MR) is 171 cm³/mol. The number of nitrogens with one attached hydrogen (secondary N) is 1. The summed E-state index contributed by atoms with van der Waals surface area (Å²) in [6.07, 6.45) is -0.986. The van der Waals surface area contributed by atoms with E-state index in [1.54, 1.807) is 30.3 Å². The average Bonchev–Trinajstić information content (AvgIpc) is 3.34. The molecule has 4 amide bonds. The number of carbonyl (C=O) groups excluding carboxylic acids is 5. The van der Waals surface area contributed by atoms with Crippen molar-refractivity contribution in [3.05, 3.63) is 95.6 Å². The minimum Gasteiger partial charge on any atom is -0.481 e. The molecule has 17 nitrogen and oxygen atoms in total. The minimum absolute atomic E-state index is 0.0437. The summed E-state index contributed by atoms with van der Waals surface area (Å²) < 4.78 is 5.34. The van der Waals surface area contributed by atoms with Gasteiger partial charge in [-0.25, -0.2) is 24.3 Å². The highest BCUT2D eigenvalue weighted by Gasteiger charge is 2.64. The van der Waals surface area contributed by atoms with Crippen LogP contribution in [0.25, 0.3) is 0 Å². The third kappa shape index (κ3) is 7.05. The Labute approximate surface area is 277 Å². The summed E-state index contributed by atoms with van der Waals surface area (Å²) in [6, 6.07) is 14.0. The number of imide groups is 1. The smallest absolute Gasteiger partial charge is 0.360 e. The van der Waals surface area contributed by atoms with Crippen LogP contribution in [0, 0.1) is 0 Å². The molecule has 3 aromatic rings. The summed E-state index contributed by atoms with van der Waals surface area (Å²) in [5.41, 5.74) is 13.7. The van der Waals surface area contributed by atoms with Crippen LogP contribution in [0.5, 0.6) is 0 Å². The maximum atomic E-state index is 14.2. The zero-order valence-corrected chi connectivity index (χ0v) is 25.8. The summed E-state index contributed by atoms with van der Waals surface area (Å²) in [6.45, 7) is 0.662. The Morgan fingerprint density at radius 1 is 0.980 bits per heavy atom. The molecule has 0 radical (unpaired) electrons. The summed E-state index contributed by atoms with van der Waals surface area (Å²) in [5.74, 6) is -9.07. The van der Waals surface area contributed by atoms with Crippen molar-refractivity contribution in [3.8, 4) is 0 Å². The van der Waals surface area contributed by atoms with Gasteiger partial charge in [-0.2, -0.15) is 0 Å². The molecule has 1 aliphatic heterocycles. The fraction of sp³-hybridized carbons (Fsp3) is 0.188. The molecule has 0 aromatic heterocycles. The number of anilines is 1. The maximum absolute atomic E-state index is 14.2. The van der Waals surface area contributed by atoms with Crippen LogP contribution in [-0.4, -0.2) is 74.3 Å². The summed E-state index contributed by atoms with van der Waals surface area (Å²) in [5, 5.41) is 22.2. The number of nitrogens with zero attached hydrogens (tertiary/aromatic N) is 3. The number of urea groups is 1. The second-order valence-corrected chi connectivity index (χ2v) is 10.7. The number of ether oxygens (including phenoxy) is 1. The fourth-order valence-corrected chi connectivity index (χ4v) is 5.20. The van der Waals surface area contributed by atoms with Crippen LogP contribution in [-0.2, 0) is 35.3 Å². The number of carbonyl (C=O) groups is 7. The lowest BCUT2D eigenvalue weighted by Crippen LogP contribution is -2.74. The lowest BCUT2D eigenvalue weighted by Gasteiger charge is -2.43. The largest absolute Gasteiger partial charge is 0.481 e. The molecule has 1 fully saturated rings. The molecule has 4 rings (SSSR count). The number of hydrogen-bond donors (Lipinski definition) is 6. The number of rotatable bonds is 13. The molecule has 1 unspecified atom stereocenters. The van der Waals surface area contributed by atoms with Crippen molar-refractivity contribution >= 4 is 58.9 Å². The van der Waals surface area contributed by atoms with E-state index in [0.29, 0.717) is 10.5 Å². The maximum Gasteiger partial charge on any atom is 0.360 e. The Hall–Kier alpha value is -6.62. The van der Waals surface area contributed by atoms with Crippen LogP contribution < -0.4 is 27.4 Å². The molecular weight excluding hydrogens is 642 g/mol. The van der Waals surface area contributed by atoms with Crippen molar-refractivity contribution < 1.29 is 48.5 Å². The highest BCUT2D eigenvalue weighted by atomic mass is 16.5. The van der Waals surface area contributed by atoms with Crippen molar-refractivity contribution in [1.29, 1.82) is 0 Å². The van der Waals surface area contributed by atoms with Gasteiger partial charge < -0.3 is 37.5 Å². The Bertz CT molecular complexity index is 1830. The first-order chi connectivity index (χ1) is 23.2. The fourth-order valence-electron chi connectivity index (χ4n) is 5.20. The molecular formula is C32H31N7O10. The number of nitrogens with two attached hydrogens (primary N) is 3. The van der Waals surface area contributed by atoms with Gasteiger partial charge in [-0.05, 0) is 36.8 Å². The van der Waals surface area contributed by atoms with Gasteiger partial charge in [0.15, 0.2) is 11.7 Å². The van der Waals surface area contributed by atoms with E-state index in [0.717, 1.165) is 6.92 Å². The van der Waals surface area contributed by atoms with Gasteiger partial charge in [-0.15, -0.1) is 0 Å². The van der Waals surface area contributed by atoms with Gasteiger partial charge >= 0.3 is 23.9 Å². The van der Waals surface area contributed by atoms with E-state index in [2.05, 4.69) is 10.3 Å². The molecule has 1 aliphatic rings. The lowest BCUT2D eigenvalue weighted by atomic mass is 9.96. The molecule has 1 heterocycles. The number of amides is 4. The molecule has 49 heavy (non-hydrogen) atoms. The molecule has 0 bridgehead atoms. The van der Waals surface area contributed by atoms with Gasteiger partial charge in [0.2, 0.25) is 5.91 Å². The van der Waals surface area contributed by atoms with Crippen LogP contribution in [0.1, 0.15) is 40.9 Å². The SMILES string of the molecule is CC(=O)[C@](C(=O)O)(N1C(=O)NC(c2ccc(C(=O)OCc3ccccc3)cc2N=C(N)N)C1=O)N(C(=O)[C@@H](N)CC(=O)O)c1ccccc1. The molecule has 3 atom stereocenters. The van der Waals surface area contributed by atoms with Crippen molar-refractivity contribution in [2.45, 2.75) is 37.7 Å². The normalized spacial score (nSPS) is 15.7. The van der Waals surface area contributed by atoms with Gasteiger partial charge in [0, 0.05) is 11.3 Å². The van der Waals surface area contributed by atoms with Crippen LogP contribution in [0.3, 0.4) is 0 Å². The zero-order chi connectivity index (χ0) is 36.0. The number of carboxylic acids is 2. The van der Waals surface area contributed by atoms with E-state index < -0.39 is 71.7 Å². The zero-order valence-electron chi connectivity index (χ0n) is 25.8. The number of para-hydroxylation sites is 1. The Balaban J connectivity index is 1.81. The number of carboxylic acid groups (broad SMARTS) is 2. The monoisotopic (exact) mass is 673 g/mol.